The number of likely N-dealkylation sites (N-methyl/N-ethyl adjacent to an activating group) is 1. The Bertz CT molecular complexity index is 2180. The molecular formula is C37H33Br2N5O2. The van der Waals surface area contributed by atoms with Gasteiger partial charge < -0.3 is 19.5 Å². The quantitative estimate of drug-likeness (QED) is 0.154. The van der Waals surface area contributed by atoms with Crippen LogP contribution in [-0.4, -0.2) is 43.3 Å². The lowest BCUT2D eigenvalue weighted by Gasteiger charge is -2.04. The van der Waals surface area contributed by atoms with Crippen molar-refractivity contribution in [3.05, 3.63) is 117 Å². The van der Waals surface area contributed by atoms with E-state index in [4.69, 9.17) is 0 Å². The molecule has 46 heavy (non-hydrogen) atoms. The SMILES string of the molecule is CN1C(=O)C(Br)=C(Br)C1=O.Cc1ccc2[nH]cc(-c3cn(C)cc3-c3c[nH]c4ccc(C)cc34)c2c1.Cc1ccc2[nH]ccc2c1. The fraction of sp³-hybridized carbons (Fsp3) is 0.135. The first-order valence-corrected chi connectivity index (χ1v) is 16.3. The van der Waals surface area contributed by atoms with E-state index < -0.39 is 0 Å². The molecule has 0 atom stereocenters. The average Bonchev–Trinajstić information content (AvgIpc) is 3.86. The van der Waals surface area contributed by atoms with Crippen molar-refractivity contribution in [2.45, 2.75) is 20.8 Å². The van der Waals surface area contributed by atoms with E-state index in [1.807, 2.05) is 6.20 Å². The zero-order chi connectivity index (χ0) is 32.7. The molecule has 0 radical (unpaired) electrons. The molecule has 1 aliphatic heterocycles. The van der Waals surface area contributed by atoms with Gasteiger partial charge in [-0.15, -0.1) is 0 Å². The number of hydrogen-bond acceptors (Lipinski definition) is 2. The maximum atomic E-state index is 10.9. The Morgan fingerprint density at radius 1 is 0.565 bits per heavy atom. The van der Waals surface area contributed by atoms with Crippen LogP contribution in [-0.2, 0) is 16.6 Å². The second-order valence-corrected chi connectivity index (χ2v) is 13.2. The number of halogens is 2. The van der Waals surface area contributed by atoms with Crippen LogP contribution in [0.2, 0.25) is 0 Å². The monoisotopic (exact) mass is 737 g/mol. The normalized spacial score (nSPS) is 13.1. The first kappa shape index (κ1) is 31.4. The van der Waals surface area contributed by atoms with E-state index in [1.165, 1.54) is 78.7 Å². The number of carbonyl (C=O) groups is 2. The minimum absolute atomic E-state index is 0.292. The number of carbonyl (C=O) groups excluding carboxylic acids is 2. The van der Waals surface area contributed by atoms with E-state index in [2.05, 4.69) is 165 Å². The molecule has 0 saturated heterocycles. The molecule has 0 spiro atoms. The van der Waals surface area contributed by atoms with Crippen LogP contribution in [0.4, 0.5) is 0 Å². The predicted molar refractivity (Wildman–Crippen MR) is 195 cm³/mol. The molecule has 1 aliphatic rings. The number of H-pyrrole nitrogens is 3. The molecule has 2 amide bonds. The first-order valence-electron chi connectivity index (χ1n) is 14.8. The Hall–Kier alpha value is -4.60. The molecule has 0 unspecified atom stereocenters. The first-order chi connectivity index (χ1) is 22.0. The molecule has 0 aliphatic carbocycles. The van der Waals surface area contributed by atoms with Crippen LogP contribution in [0, 0.1) is 20.8 Å². The third kappa shape index (κ3) is 6.00. The van der Waals surface area contributed by atoms with Gasteiger partial charge in [-0.1, -0.05) is 34.9 Å². The molecule has 4 aromatic heterocycles. The van der Waals surface area contributed by atoms with Crippen molar-refractivity contribution in [1.29, 1.82) is 0 Å². The summed E-state index contributed by atoms with van der Waals surface area (Å²) in [5.41, 5.74) is 12.4. The summed E-state index contributed by atoms with van der Waals surface area (Å²) in [4.78, 5) is 32.8. The second kappa shape index (κ2) is 12.7. The summed E-state index contributed by atoms with van der Waals surface area (Å²) in [5.74, 6) is -0.617. The predicted octanol–water partition coefficient (Wildman–Crippen LogP) is 9.40. The molecule has 5 heterocycles. The van der Waals surface area contributed by atoms with Gasteiger partial charge in [-0.3, -0.25) is 14.5 Å². The number of amides is 2. The summed E-state index contributed by atoms with van der Waals surface area (Å²) >= 11 is 5.94. The van der Waals surface area contributed by atoms with Crippen molar-refractivity contribution in [3.63, 3.8) is 0 Å². The molecule has 0 bridgehead atoms. The Morgan fingerprint density at radius 2 is 1.02 bits per heavy atom. The van der Waals surface area contributed by atoms with Gasteiger partial charge in [0.2, 0.25) is 0 Å². The van der Waals surface area contributed by atoms with Gasteiger partial charge in [0.1, 0.15) is 8.96 Å². The number of nitrogens with one attached hydrogen (secondary N) is 3. The van der Waals surface area contributed by atoms with Crippen molar-refractivity contribution in [1.82, 2.24) is 24.4 Å². The van der Waals surface area contributed by atoms with Crippen LogP contribution >= 0.6 is 31.9 Å². The van der Waals surface area contributed by atoms with Gasteiger partial charge in [0.15, 0.2) is 0 Å². The Morgan fingerprint density at radius 3 is 1.48 bits per heavy atom. The summed E-state index contributed by atoms with van der Waals surface area (Å²) < 4.78 is 2.73. The number of imide groups is 1. The number of rotatable bonds is 2. The number of nitrogens with zero attached hydrogens (tertiary/aromatic N) is 2. The third-order valence-corrected chi connectivity index (χ3v) is 10.1. The van der Waals surface area contributed by atoms with Crippen molar-refractivity contribution >= 4 is 76.4 Å². The molecule has 3 N–H and O–H groups in total. The highest BCUT2D eigenvalue weighted by molar-refractivity contribution is 9.14. The lowest BCUT2D eigenvalue weighted by molar-refractivity contribution is -0.135. The second-order valence-electron chi connectivity index (χ2n) is 11.6. The van der Waals surface area contributed by atoms with Gasteiger partial charge >= 0.3 is 0 Å². The largest absolute Gasteiger partial charge is 0.361 e. The van der Waals surface area contributed by atoms with E-state index in [-0.39, 0.29) is 11.8 Å². The van der Waals surface area contributed by atoms with Gasteiger partial charge in [0.05, 0.1) is 0 Å². The van der Waals surface area contributed by atoms with Crippen LogP contribution in [0.25, 0.3) is 55.0 Å². The highest BCUT2D eigenvalue weighted by Gasteiger charge is 2.32. The smallest absolute Gasteiger partial charge is 0.268 e. The molecule has 9 heteroatoms. The number of aromatic amines is 3. The Balaban J connectivity index is 0.000000152. The summed E-state index contributed by atoms with van der Waals surface area (Å²) in [6.07, 6.45) is 10.7. The fourth-order valence-electron chi connectivity index (χ4n) is 5.67. The van der Waals surface area contributed by atoms with Crippen LogP contribution in [0.5, 0.6) is 0 Å². The number of hydrogen-bond donors (Lipinski definition) is 3. The highest BCUT2D eigenvalue weighted by atomic mass is 79.9. The van der Waals surface area contributed by atoms with Crippen LogP contribution in [0.3, 0.4) is 0 Å². The molecule has 7 nitrogen and oxygen atoms in total. The van der Waals surface area contributed by atoms with Gasteiger partial charge in [-0.05, 0) is 100 Å². The summed E-state index contributed by atoms with van der Waals surface area (Å²) in [6.45, 7) is 6.39. The van der Waals surface area contributed by atoms with E-state index in [0.717, 1.165) is 4.90 Å². The minimum Gasteiger partial charge on any atom is -0.361 e. The topological polar surface area (TPSA) is 89.7 Å². The summed E-state index contributed by atoms with van der Waals surface area (Å²) in [5, 5.41) is 3.84. The maximum Gasteiger partial charge on any atom is 0.268 e. The number of aryl methyl sites for hydroxylation is 4. The highest BCUT2D eigenvalue weighted by Crippen LogP contribution is 2.40. The maximum absolute atomic E-state index is 10.9. The van der Waals surface area contributed by atoms with Crippen LogP contribution in [0.1, 0.15) is 16.7 Å². The summed E-state index contributed by atoms with van der Waals surface area (Å²) in [6, 6.07) is 21.6. The van der Waals surface area contributed by atoms with E-state index in [0.29, 0.717) is 8.96 Å². The van der Waals surface area contributed by atoms with Crippen molar-refractivity contribution in [2.24, 2.45) is 7.05 Å². The minimum atomic E-state index is -0.308. The lowest BCUT2D eigenvalue weighted by atomic mass is 9.97. The molecule has 8 rings (SSSR count). The number of benzene rings is 3. The molecular weight excluding hydrogens is 706 g/mol. The molecule has 0 saturated carbocycles. The van der Waals surface area contributed by atoms with E-state index >= 15 is 0 Å². The average molecular weight is 740 g/mol. The number of fused-ring (bicyclic) bond motifs is 3. The lowest BCUT2D eigenvalue weighted by Crippen LogP contribution is -2.25. The van der Waals surface area contributed by atoms with Gasteiger partial charge in [-0.2, -0.15) is 0 Å². The standard InChI is InChI=1S/C23H21N3.C9H9N.C5H3Br2NO2/c1-14-4-6-22-16(8-14)18(10-24-22)20-12-26(3)13-21(20)19-11-25-23-7-5-15(2)9-17(19)23;1-7-2-3-9-8(6-7)4-5-10-9;1-8-4(9)2(6)3(7)5(8)10/h4-13,24-25H,1-3H3;2-6,10H,1H3;1H3. The number of aromatic nitrogens is 4. The molecule has 0 fully saturated rings. The zero-order valence-electron chi connectivity index (χ0n) is 26.1. The Labute approximate surface area is 283 Å². The van der Waals surface area contributed by atoms with Crippen molar-refractivity contribution in [3.8, 4) is 22.3 Å². The van der Waals surface area contributed by atoms with Crippen LogP contribution < -0.4 is 0 Å². The van der Waals surface area contributed by atoms with Crippen LogP contribution in [0.15, 0.2) is 101 Å². The Kier molecular flexibility index (Phi) is 8.63. The van der Waals surface area contributed by atoms with Gasteiger partial charge in [0, 0.05) is 94.7 Å². The molecule has 3 aromatic carbocycles. The zero-order valence-corrected chi connectivity index (χ0v) is 29.3. The van der Waals surface area contributed by atoms with Crippen molar-refractivity contribution < 1.29 is 9.59 Å². The van der Waals surface area contributed by atoms with Gasteiger partial charge in [0.25, 0.3) is 11.8 Å². The molecule has 7 aromatic rings. The third-order valence-electron chi connectivity index (χ3n) is 8.10. The van der Waals surface area contributed by atoms with Crippen molar-refractivity contribution in [2.75, 3.05) is 7.05 Å². The molecule has 232 valence electrons. The van der Waals surface area contributed by atoms with Gasteiger partial charge in [-0.25, -0.2) is 0 Å². The fourth-order valence-corrected chi connectivity index (χ4v) is 6.55. The van der Waals surface area contributed by atoms with E-state index in [1.54, 1.807) is 0 Å². The van der Waals surface area contributed by atoms with E-state index in [9.17, 15) is 9.59 Å². The summed E-state index contributed by atoms with van der Waals surface area (Å²) in [7, 11) is 3.52.